The van der Waals surface area contributed by atoms with Crippen molar-refractivity contribution >= 4 is 34.4 Å². The van der Waals surface area contributed by atoms with Gasteiger partial charge in [0.2, 0.25) is 0 Å². The van der Waals surface area contributed by atoms with Crippen LogP contribution < -0.4 is 0 Å². The summed E-state index contributed by atoms with van der Waals surface area (Å²) in [5.74, 6) is 0.409. The van der Waals surface area contributed by atoms with Crippen molar-refractivity contribution in [3.63, 3.8) is 0 Å². The molecule has 1 aliphatic heterocycles. The summed E-state index contributed by atoms with van der Waals surface area (Å²) in [5.41, 5.74) is 4.53. The Hall–Kier alpha value is -1.73. The van der Waals surface area contributed by atoms with Crippen molar-refractivity contribution in [3.8, 4) is 0 Å². The van der Waals surface area contributed by atoms with Crippen molar-refractivity contribution in [1.82, 2.24) is 24.6 Å². The van der Waals surface area contributed by atoms with Crippen molar-refractivity contribution in [2.75, 3.05) is 13.2 Å². The van der Waals surface area contributed by atoms with Gasteiger partial charge in [0.25, 0.3) is 0 Å². The van der Waals surface area contributed by atoms with E-state index in [4.69, 9.17) is 38.3 Å². The maximum Gasteiger partial charge on any atom is 0.177 e. The molecule has 2 atom stereocenters. The van der Waals surface area contributed by atoms with E-state index in [1.54, 1.807) is 6.07 Å². The van der Waals surface area contributed by atoms with E-state index in [1.165, 1.54) is 6.42 Å². The van der Waals surface area contributed by atoms with E-state index in [-0.39, 0.29) is 12.6 Å². The van der Waals surface area contributed by atoms with Crippen LogP contribution in [-0.4, -0.2) is 55.0 Å². The zero-order valence-corrected chi connectivity index (χ0v) is 20.7. The number of rotatable bonds is 5. The molecule has 2 fully saturated rings. The third-order valence-corrected chi connectivity index (χ3v) is 8.15. The molecule has 176 valence electrons. The molecule has 0 radical (unpaired) electrons. The summed E-state index contributed by atoms with van der Waals surface area (Å²) < 4.78 is 1.94. The van der Waals surface area contributed by atoms with Gasteiger partial charge in [-0.3, -0.25) is 4.90 Å². The van der Waals surface area contributed by atoms with Crippen LogP contribution in [0.4, 0.5) is 0 Å². The second-order valence-corrected chi connectivity index (χ2v) is 10.4. The van der Waals surface area contributed by atoms with Crippen LogP contribution in [0.3, 0.4) is 0 Å². The van der Waals surface area contributed by atoms with Gasteiger partial charge in [0, 0.05) is 34.2 Å². The van der Waals surface area contributed by atoms with E-state index in [0.29, 0.717) is 28.0 Å². The quantitative estimate of drug-likeness (QED) is 0.511. The molecule has 0 amide bonds. The maximum atomic E-state index is 9.70. The predicted octanol–water partition coefficient (Wildman–Crippen LogP) is 5.53. The summed E-state index contributed by atoms with van der Waals surface area (Å²) in [7, 11) is 0. The molecule has 1 saturated heterocycles. The van der Waals surface area contributed by atoms with Crippen LogP contribution in [-0.2, 0) is 0 Å². The van der Waals surface area contributed by atoms with Crippen LogP contribution in [0.15, 0.2) is 24.4 Å². The normalized spacial score (nSPS) is 25.1. The monoisotopic (exact) mass is 487 g/mol. The number of hydrogen-bond donors (Lipinski definition) is 1. The first-order chi connectivity index (χ1) is 16.0. The highest BCUT2D eigenvalue weighted by Crippen LogP contribution is 2.37. The lowest BCUT2D eigenvalue weighted by atomic mass is 9.83. The predicted molar refractivity (Wildman–Crippen MR) is 132 cm³/mol. The Morgan fingerprint density at radius 2 is 1.94 bits per heavy atom. The summed E-state index contributed by atoms with van der Waals surface area (Å²) in [6, 6.07) is 6.42. The maximum absolute atomic E-state index is 9.70. The second kappa shape index (κ2) is 9.49. The van der Waals surface area contributed by atoms with Crippen molar-refractivity contribution in [1.29, 1.82) is 0 Å². The Bertz CT molecular complexity index is 1140. The molecular formula is C25H31Cl2N5O. The number of aromatic nitrogens is 4. The smallest absolute Gasteiger partial charge is 0.177 e. The topological polar surface area (TPSA) is 67.1 Å². The van der Waals surface area contributed by atoms with E-state index in [9.17, 15) is 5.11 Å². The molecule has 3 heterocycles. The number of benzene rings is 1. The van der Waals surface area contributed by atoms with Crippen LogP contribution in [0.25, 0.3) is 11.2 Å². The number of likely N-dealkylation sites (tertiary alicyclic amines) is 1. The third-order valence-electron chi connectivity index (χ3n) is 7.59. The van der Waals surface area contributed by atoms with Gasteiger partial charge in [-0.25, -0.2) is 14.6 Å². The second-order valence-electron chi connectivity index (χ2n) is 9.56. The van der Waals surface area contributed by atoms with Crippen LogP contribution >= 0.6 is 23.2 Å². The molecule has 1 aliphatic carbocycles. The van der Waals surface area contributed by atoms with Crippen molar-refractivity contribution < 1.29 is 5.11 Å². The molecule has 5 rings (SSSR count). The zero-order valence-electron chi connectivity index (χ0n) is 19.2. The SMILES string of the molecule is Cc1nn([C@H](C)c2ccc(Cl)cc2Cl)c2nc(C3CCC(N4CCC[C@H]4CO)CC3)cnc12. The highest BCUT2D eigenvalue weighted by Gasteiger charge is 2.34. The highest BCUT2D eigenvalue weighted by molar-refractivity contribution is 6.35. The lowest BCUT2D eigenvalue weighted by molar-refractivity contribution is 0.0941. The van der Waals surface area contributed by atoms with Gasteiger partial charge < -0.3 is 5.11 Å². The van der Waals surface area contributed by atoms with E-state index >= 15 is 0 Å². The van der Waals surface area contributed by atoms with Crippen molar-refractivity contribution in [2.45, 2.75) is 76.4 Å². The summed E-state index contributed by atoms with van der Waals surface area (Å²) >= 11 is 12.6. The van der Waals surface area contributed by atoms with Gasteiger partial charge in [-0.15, -0.1) is 0 Å². The summed E-state index contributed by atoms with van der Waals surface area (Å²) in [4.78, 5) is 12.4. The minimum Gasteiger partial charge on any atom is -0.395 e. The molecule has 33 heavy (non-hydrogen) atoms. The number of hydrogen-bond acceptors (Lipinski definition) is 5. The van der Waals surface area contributed by atoms with Gasteiger partial charge in [0.05, 0.1) is 24.0 Å². The molecule has 2 aliphatic rings. The Morgan fingerprint density at radius 1 is 1.15 bits per heavy atom. The van der Waals surface area contributed by atoms with Gasteiger partial charge >= 0.3 is 0 Å². The van der Waals surface area contributed by atoms with Gasteiger partial charge in [-0.1, -0.05) is 29.3 Å². The van der Waals surface area contributed by atoms with E-state index < -0.39 is 0 Å². The number of halogens is 2. The first-order valence-electron chi connectivity index (χ1n) is 12.0. The largest absolute Gasteiger partial charge is 0.395 e. The first-order valence-corrected chi connectivity index (χ1v) is 12.7. The van der Waals surface area contributed by atoms with Gasteiger partial charge in [-0.05, 0) is 76.6 Å². The average Bonchev–Trinajstić information content (AvgIpc) is 3.43. The van der Waals surface area contributed by atoms with Crippen LogP contribution in [0.1, 0.15) is 74.4 Å². The summed E-state index contributed by atoms with van der Waals surface area (Å²) in [5, 5.41) is 15.7. The molecule has 1 saturated carbocycles. The molecule has 1 N–H and O–H groups in total. The fourth-order valence-electron chi connectivity index (χ4n) is 5.74. The molecule has 2 aromatic heterocycles. The number of aliphatic hydroxyl groups is 1. The lowest BCUT2D eigenvalue weighted by Gasteiger charge is -2.37. The van der Waals surface area contributed by atoms with Gasteiger partial charge in [-0.2, -0.15) is 5.10 Å². The number of nitrogens with zero attached hydrogens (tertiary/aromatic N) is 5. The average molecular weight is 488 g/mol. The molecule has 8 heteroatoms. The molecule has 0 spiro atoms. The van der Waals surface area contributed by atoms with Crippen LogP contribution in [0.2, 0.25) is 10.0 Å². The number of fused-ring (bicyclic) bond motifs is 1. The fourth-order valence-corrected chi connectivity index (χ4v) is 6.31. The lowest BCUT2D eigenvalue weighted by Crippen LogP contribution is -2.42. The molecular weight excluding hydrogens is 457 g/mol. The summed E-state index contributed by atoms with van der Waals surface area (Å²) in [6.07, 6.45) is 8.77. The van der Waals surface area contributed by atoms with Crippen LogP contribution in [0, 0.1) is 6.92 Å². The molecule has 3 aromatic rings. The molecule has 0 bridgehead atoms. The Kier molecular flexibility index (Phi) is 6.62. The number of aliphatic hydroxyl groups excluding tert-OH is 1. The van der Waals surface area contributed by atoms with Crippen LogP contribution in [0.5, 0.6) is 0 Å². The Morgan fingerprint density at radius 3 is 2.67 bits per heavy atom. The van der Waals surface area contributed by atoms with Crippen molar-refractivity contribution in [3.05, 3.63) is 51.4 Å². The molecule has 6 nitrogen and oxygen atoms in total. The molecule has 1 aromatic carbocycles. The highest BCUT2D eigenvalue weighted by atomic mass is 35.5. The fraction of sp³-hybridized carbons (Fsp3) is 0.560. The van der Waals surface area contributed by atoms with E-state index in [1.807, 2.05) is 29.9 Å². The standard InChI is InChI=1S/C25H31Cl2N5O/c1-15-24-25(32(30-15)16(2)21-10-7-18(26)12-22(21)27)29-23(13-28-24)17-5-8-19(9-6-17)31-11-3-4-20(31)14-33/h7,10,12-13,16-17,19-20,33H,3-6,8-9,11,14H2,1-2H3/t16-,17?,19?,20+/m1/s1. The van der Waals surface area contributed by atoms with Gasteiger partial charge in [0.1, 0.15) is 5.52 Å². The number of aryl methyl sites for hydroxylation is 1. The summed E-state index contributed by atoms with van der Waals surface area (Å²) in [6.45, 7) is 5.45. The third kappa shape index (κ3) is 4.39. The van der Waals surface area contributed by atoms with Gasteiger partial charge in [0.15, 0.2) is 5.65 Å². The first kappa shape index (κ1) is 23.0. The van der Waals surface area contributed by atoms with E-state index in [2.05, 4.69) is 11.8 Å². The Balaban J connectivity index is 1.38. The van der Waals surface area contributed by atoms with E-state index in [0.717, 1.165) is 66.8 Å². The zero-order chi connectivity index (χ0) is 23.1. The molecule has 0 unspecified atom stereocenters. The minimum atomic E-state index is -0.0863. The minimum absolute atomic E-state index is 0.0863. The Labute approximate surface area is 204 Å². The van der Waals surface area contributed by atoms with Crippen molar-refractivity contribution in [2.24, 2.45) is 0 Å².